The molecule has 88 valence electrons. The lowest BCUT2D eigenvalue weighted by Gasteiger charge is -2.25. The zero-order valence-corrected chi connectivity index (χ0v) is 9.81. The van der Waals surface area contributed by atoms with Crippen molar-refractivity contribution >= 4 is 5.97 Å². The van der Waals surface area contributed by atoms with Crippen molar-refractivity contribution in [2.45, 2.75) is 51.5 Å². The third kappa shape index (κ3) is 1.96. The maximum atomic E-state index is 10.7. The molecule has 0 saturated heterocycles. The average Bonchev–Trinajstić information content (AvgIpc) is 2.61. The van der Waals surface area contributed by atoms with E-state index >= 15 is 0 Å². The molecule has 1 aliphatic rings. The van der Waals surface area contributed by atoms with Crippen LogP contribution < -0.4 is 0 Å². The monoisotopic (exact) mass is 222 g/mol. The molecular weight excluding hydrogens is 204 g/mol. The molecule has 1 aliphatic heterocycles. The number of hydrogen-bond donors (Lipinski definition) is 1. The van der Waals surface area contributed by atoms with Gasteiger partial charge in [-0.15, -0.1) is 0 Å². The Bertz CT molecular complexity index is 398. The fourth-order valence-corrected chi connectivity index (χ4v) is 2.52. The molecule has 2 unspecified atom stereocenters. The van der Waals surface area contributed by atoms with Crippen molar-refractivity contribution in [3.05, 3.63) is 17.7 Å². The van der Waals surface area contributed by atoms with Crippen LogP contribution in [0.25, 0.3) is 0 Å². The predicted molar refractivity (Wildman–Crippen MR) is 60.5 cm³/mol. The number of imidazole rings is 1. The van der Waals surface area contributed by atoms with Gasteiger partial charge in [0, 0.05) is 30.3 Å². The molecule has 2 heterocycles. The van der Waals surface area contributed by atoms with Crippen molar-refractivity contribution in [1.29, 1.82) is 0 Å². The van der Waals surface area contributed by atoms with Gasteiger partial charge in [-0.05, 0) is 19.8 Å². The van der Waals surface area contributed by atoms with Crippen molar-refractivity contribution in [2.75, 3.05) is 0 Å². The van der Waals surface area contributed by atoms with E-state index in [2.05, 4.69) is 16.5 Å². The predicted octanol–water partition coefficient (Wildman–Crippen LogP) is 2.36. The van der Waals surface area contributed by atoms with Crippen LogP contribution in [0, 0.1) is 0 Å². The first-order valence-corrected chi connectivity index (χ1v) is 5.87. The van der Waals surface area contributed by atoms with Crippen LogP contribution in [0.2, 0.25) is 0 Å². The SMILES string of the molecule is CC(CC(=O)O)c1cnc2n1C(C)CCC2. The summed E-state index contributed by atoms with van der Waals surface area (Å²) in [5.74, 6) is 0.414. The fourth-order valence-electron chi connectivity index (χ4n) is 2.52. The van der Waals surface area contributed by atoms with E-state index in [1.165, 1.54) is 6.42 Å². The Labute approximate surface area is 95.3 Å². The lowest BCUT2D eigenvalue weighted by molar-refractivity contribution is -0.137. The molecule has 2 atom stereocenters. The Kier molecular flexibility index (Phi) is 2.99. The van der Waals surface area contributed by atoms with Crippen molar-refractivity contribution in [2.24, 2.45) is 0 Å². The van der Waals surface area contributed by atoms with Crippen LogP contribution >= 0.6 is 0 Å². The lowest BCUT2D eigenvalue weighted by atomic mass is 10.0. The van der Waals surface area contributed by atoms with Gasteiger partial charge < -0.3 is 9.67 Å². The van der Waals surface area contributed by atoms with E-state index < -0.39 is 5.97 Å². The second-order valence-electron chi connectivity index (χ2n) is 4.71. The van der Waals surface area contributed by atoms with Gasteiger partial charge in [0.15, 0.2) is 0 Å². The minimum absolute atomic E-state index is 0.0410. The summed E-state index contributed by atoms with van der Waals surface area (Å²) in [6.07, 6.45) is 5.40. The molecular formula is C12H18N2O2. The lowest BCUT2D eigenvalue weighted by Crippen LogP contribution is -2.19. The number of nitrogens with zero attached hydrogens (tertiary/aromatic N) is 2. The summed E-state index contributed by atoms with van der Waals surface area (Å²) in [6, 6.07) is 0.456. The van der Waals surface area contributed by atoms with E-state index in [4.69, 9.17) is 5.11 Å². The summed E-state index contributed by atoms with van der Waals surface area (Å²) in [4.78, 5) is 15.1. The largest absolute Gasteiger partial charge is 0.481 e. The van der Waals surface area contributed by atoms with E-state index in [1.807, 2.05) is 13.1 Å². The number of rotatable bonds is 3. The van der Waals surface area contributed by atoms with Crippen molar-refractivity contribution in [3.8, 4) is 0 Å². The van der Waals surface area contributed by atoms with Gasteiger partial charge in [-0.2, -0.15) is 0 Å². The van der Waals surface area contributed by atoms with Crippen molar-refractivity contribution in [1.82, 2.24) is 9.55 Å². The van der Waals surface area contributed by atoms with E-state index in [0.29, 0.717) is 6.04 Å². The first-order chi connectivity index (χ1) is 7.59. The van der Waals surface area contributed by atoms with Gasteiger partial charge in [0.05, 0.1) is 6.42 Å². The van der Waals surface area contributed by atoms with Crippen LogP contribution in [0.4, 0.5) is 0 Å². The third-order valence-electron chi connectivity index (χ3n) is 3.35. The Morgan fingerprint density at radius 2 is 2.50 bits per heavy atom. The van der Waals surface area contributed by atoms with E-state index in [-0.39, 0.29) is 12.3 Å². The fraction of sp³-hybridized carbons (Fsp3) is 0.667. The van der Waals surface area contributed by atoms with Crippen LogP contribution in [0.5, 0.6) is 0 Å². The third-order valence-corrected chi connectivity index (χ3v) is 3.35. The minimum Gasteiger partial charge on any atom is -0.481 e. The second-order valence-corrected chi connectivity index (χ2v) is 4.71. The molecule has 0 amide bonds. The standard InChI is InChI=1S/C12H18N2O2/c1-8(6-12(15)16)10-7-13-11-5-3-4-9(2)14(10)11/h7-9H,3-6H2,1-2H3,(H,15,16). The highest BCUT2D eigenvalue weighted by atomic mass is 16.4. The highest BCUT2D eigenvalue weighted by molar-refractivity contribution is 5.67. The number of carbonyl (C=O) groups is 1. The van der Waals surface area contributed by atoms with Crippen LogP contribution in [-0.4, -0.2) is 20.6 Å². The second kappa shape index (κ2) is 4.28. The number of carboxylic acids is 1. The van der Waals surface area contributed by atoms with Gasteiger partial charge in [-0.3, -0.25) is 4.79 Å². The Balaban J connectivity index is 2.28. The Morgan fingerprint density at radius 1 is 1.75 bits per heavy atom. The molecule has 0 bridgehead atoms. The normalized spacial score (nSPS) is 21.5. The molecule has 0 fully saturated rings. The van der Waals surface area contributed by atoms with Gasteiger partial charge in [0.25, 0.3) is 0 Å². The summed E-state index contributed by atoms with van der Waals surface area (Å²) in [5.41, 5.74) is 1.07. The van der Waals surface area contributed by atoms with Crippen molar-refractivity contribution in [3.63, 3.8) is 0 Å². The highest BCUT2D eigenvalue weighted by Gasteiger charge is 2.23. The number of aliphatic carboxylic acids is 1. The summed E-state index contributed by atoms with van der Waals surface area (Å²) in [7, 11) is 0. The number of carboxylic acid groups (broad SMARTS) is 1. The molecule has 0 spiro atoms. The highest BCUT2D eigenvalue weighted by Crippen LogP contribution is 2.30. The smallest absolute Gasteiger partial charge is 0.304 e. The summed E-state index contributed by atoms with van der Waals surface area (Å²) in [6.45, 7) is 4.14. The van der Waals surface area contributed by atoms with Crippen LogP contribution in [-0.2, 0) is 11.2 Å². The van der Waals surface area contributed by atoms with Gasteiger partial charge >= 0.3 is 5.97 Å². The van der Waals surface area contributed by atoms with Crippen molar-refractivity contribution < 1.29 is 9.90 Å². The van der Waals surface area contributed by atoms with Crippen LogP contribution in [0.15, 0.2) is 6.20 Å². The summed E-state index contributed by atoms with van der Waals surface area (Å²) >= 11 is 0. The Morgan fingerprint density at radius 3 is 3.19 bits per heavy atom. The van der Waals surface area contributed by atoms with E-state index in [1.54, 1.807) is 0 Å². The molecule has 16 heavy (non-hydrogen) atoms. The molecule has 1 N–H and O–H groups in total. The molecule has 0 radical (unpaired) electrons. The number of aryl methyl sites for hydroxylation is 1. The first-order valence-electron chi connectivity index (χ1n) is 5.87. The number of fused-ring (bicyclic) bond motifs is 1. The molecule has 4 nitrogen and oxygen atoms in total. The molecule has 2 rings (SSSR count). The van der Waals surface area contributed by atoms with E-state index in [0.717, 1.165) is 24.4 Å². The molecule has 1 aromatic heterocycles. The van der Waals surface area contributed by atoms with Crippen LogP contribution in [0.1, 0.15) is 56.6 Å². The molecule has 0 aliphatic carbocycles. The van der Waals surface area contributed by atoms with Gasteiger partial charge in [0.1, 0.15) is 5.82 Å². The summed E-state index contributed by atoms with van der Waals surface area (Å²) < 4.78 is 2.23. The summed E-state index contributed by atoms with van der Waals surface area (Å²) in [5, 5.41) is 8.82. The number of hydrogen-bond acceptors (Lipinski definition) is 2. The topological polar surface area (TPSA) is 55.1 Å². The van der Waals surface area contributed by atoms with Gasteiger partial charge in [0.2, 0.25) is 0 Å². The maximum absolute atomic E-state index is 10.7. The Hall–Kier alpha value is -1.32. The number of aromatic nitrogens is 2. The zero-order valence-electron chi connectivity index (χ0n) is 9.81. The average molecular weight is 222 g/mol. The molecule has 0 aromatic carbocycles. The molecule has 0 saturated carbocycles. The zero-order chi connectivity index (χ0) is 11.7. The molecule has 4 heteroatoms. The minimum atomic E-state index is -0.744. The van der Waals surface area contributed by atoms with Gasteiger partial charge in [-0.1, -0.05) is 6.92 Å². The molecule has 1 aromatic rings. The maximum Gasteiger partial charge on any atom is 0.304 e. The quantitative estimate of drug-likeness (QED) is 0.854. The van der Waals surface area contributed by atoms with Crippen LogP contribution in [0.3, 0.4) is 0 Å². The first kappa shape index (κ1) is 11.2. The van der Waals surface area contributed by atoms with E-state index in [9.17, 15) is 4.79 Å². The van der Waals surface area contributed by atoms with Gasteiger partial charge in [-0.25, -0.2) is 4.98 Å².